The summed E-state index contributed by atoms with van der Waals surface area (Å²) in [6.45, 7) is 6.07. The molecule has 7 heteroatoms. The van der Waals surface area contributed by atoms with Crippen LogP contribution in [0.4, 0.5) is 0 Å². The van der Waals surface area contributed by atoms with Crippen LogP contribution in [-0.2, 0) is 14.3 Å². The maximum Gasteiger partial charge on any atom is 0.327 e. The number of nitrogens with two attached hydrogens (primary N) is 1. The van der Waals surface area contributed by atoms with Gasteiger partial charge in [-0.25, -0.2) is 4.79 Å². The zero-order chi connectivity index (χ0) is 14.4. The van der Waals surface area contributed by atoms with Crippen LogP contribution in [0.25, 0.3) is 0 Å². The second-order valence-electron chi connectivity index (χ2n) is 5.52. The smallest absolute Gasteiger partial charge is 0.327 e. The van der Waals surface area contributed by atoms with E-state index in [0.29, 0.717) is 6.61 Å². The standard InChI is InChI=1S/C12H20N2O4S/c1-4-5-6-18-12(13)9(17)14-7(8(15)16)11(2,3)19-10(12)14/h7,10H,4-6,13H2,1-3H3,(H,15,16)/t7-,10+,12?/m0/s1. The van der Waals surface area contributed by atoms with Crippen molar-refractivity contribution >= 4 is 23.6 Å². The lowest BCUT2D eigenvalue weighted by Crippen LogP contribution is -2.78. The van der Waals surface area contributed by atoms with Crippen molar-refractivity contribution in [3.63, 3.8) is 0 Å². The SMILES string of the molecule is CCCCOC1(N)C(=O)N2[C@@H](C(=O)O)C(C)(C)S[C@@H]21. The monoisotopic (exact) mass is 288 g/mol. The quantitative estimate of drug-likeness (QED) is 0.437. The molecule has 19 heavy (non-hydrogen) atoms. The minimum absolute atomic E-state index is 0.409. The predicted octanol–water partition coefficient (Wildman–Crippen LogP) is 0.605. The largest absolute Gasteiger partial charge is 0.480 e. The van der Waals surface area contributed by atoms with Crippen molar-refractivity contribution in [1.82, 2.24) is 4.90 Å². The lowest BCUT2D eigenvalue weighted by molar-refractivity contribution is -0.197. The van der Waals surface area contributed by atoms with Crippen LogP contribution in [-0.4, -0.2) is 50.4 Å². The first-order valence-electron chi connectivity index (χ1n) is 6.42. The van der Waals surface area contributed by atoms with E-state index in [1.807, 2.05) is 20.8 Å². The Morgan fingerprint density at radius 2 is 2.21 bits per heavy atom. The Bertz CT molecular complexity index is 415. The molecule has 2 rings (SSSR count). The first-order valence-corrected chi connectivity index (χ1v) is 7.30. The Morgan fingerprint density at radius 3 is 2.74 bits per heavy atom. The van der Waals surface area contributed by atoms with Crippen LogP contribution in [0.15, 0.2) is 0 Å². The number of carboxylic acid groups (broad SMARTS) is 1. The molecule has 1 unspecified atom stereocenters. The van der Waals surface area contributed by atoms with Crippen LogP contribution >= 0.6 is 11.8 Å². The van der Waals surface area contributed by atoms with E-state index < -0.39 is 33.8 Å². The predicted molar refractivity (Wildman–Crippen MR) is 71.5 cm³/mol. The Labute approximate surface area is 116 Å². The number of ether oxygens (including phenoxy) is 1. The molecule has 3 atom stereocenters. The van der Waals surface area contributed by atoms with Gasteiger partial charge in [-0.1, -0.05) is 13.3 Å². The topological polar surface area (TPSA) is 92.9 Å². The maximum atomic E-state index is 12.2. The first kappa shape index (κ1) is 14.6. The number of aliphatic carboxylic acids is 1. The van der Waals surface area contributed by atoms with E-state index in [1.54, 1.807) is 0 Å². The lowest BCUT2D eigenvalue weighted by Gasteiger charge is -2.49. The van der Waals surface area contributed by atoms with Crippen LogP contribution in [0.2, 0.25) is 0 Å². The number of unbranched alkanes of at least 4 members (excludes halogenated alkanes) is 1. The molecule has 0 spiro atoms. The third-order valence-corrected chi connectivity index (χ3v) is 5.24. The van der Waals surface area contributed by atoms with Crippen LogP contribution in [0.3, 0.4) is 0 Å². The number of carboxylic acids is 1. The highest BCUT2D eigenvalue weighted by Crippen LogP contribution is 2.54. The van der Waals surface area contributed by atoms with Gasteiger partial charge in [-0.3, -0.25) is 10.5 Å². The summed E-state index contributed by atoms with van der Waals surface area (Å²) in [4.78, 5) is 24.8. The first-order chi connectivity index (χ1) is 8.75. The minimum atomic E-state index is -1.36. The van der Waals surface area contributed by atoms with Gasteiger partial charge >= 0.3 is 5.97 Å². The van der Waals surface area contributed by atoms with Crippen LogP contribution in [0, 0.1) is 0 Å². The van der Waals surface area contributed by atoms with Gasteiger partial charge in [-0.15, -0.1) is 11.8 Å². The fraction of sp³-hybridized carbons (Fsp3) is 0.833. The number of β-lactam (4-membered cyclic amide) rings is 1. The van der Waals surface area contributed by atoms with Crippen molar-refractivity contribution in [2.24, 2.45) is 5.73 Å². The third-order valence-electron chi connectivity index (χ3n) is 3.61. The zero-order valence-electron chi connectivity index (χ0n) is 11.4. The molecule has 0 saturated carbocycles. The number of amides is 1. The van der Waals surface area contributed by atoms with E-state index >= 15 is 0 Å². The molecule has 0 aromatic rings. The van der Waals surface area contributed by atoms with E-state index in [9.17, 15) is 14.7 Å². The molecule has 2 heterocycles. The summed E-state index contributed by atoms with van der Waals surface area (Å²) in [5, 5.41) is 8.87. The molecule has 0 radical (unpaired) electrons. The fourth-order valence-electron chi connectivity index (χ4n) is 2.57. The summed E-state index contributed by atoms with van der Waals surface area (Å²) in [5.41, 5.74) is 4.67. The highest BCUT2D eigenvalue weighted by Gasteiger charge is 2.71. The molecule has 1 amide bonds. The number of carbonyl (C=O) groups is 2. The number of hydrogen-bond donors (Lipinski definition) is 2. The third kappa shape index (κ3) is 2.04. The molecule has 108 valence electrons. The highest BCUT2D eigenvalue weighted by atomic mass is 32.2. The molecule has 6 nitrogen and oxygen atoms in total. The van der Waals surface area contributed by atoms with Crippen molar-refractivity contribution in [2.45, 2.75) is 55.5 Å². The highest BCUT2D eigenvalue weighted by molar-refractivity contribution is 8.01. The Kier molecular flexibility index (Phi) is 3.57. The van der Waals surface area contributed by atoms with Crippen molar-refractivity contribution in [1.29, 1.82) is 0 Å². The maximum absolute atomic E-state index is 12.2. The van der Waals surface area contributed by atoms with Gasteiger partial charge in [0.15, 0.2) is 0 Å². The van der Waals surface area contributed by atoms with Gasteiger partial charge in [0.2, 0.25) is 5.72 Å². The molecule has 0 aromatic carbocycles. The van der Waals surface area contributed by atoms with E-state index in [2.05, 4.69) is 0 Å². The molecule has 3 N–H and O–H groups in total. The van der Waals surface area contributed by atoms with Gasteiger partial charge in [0.05, 0.1) is 0 Å². The number of hydrogen-bond acceptors (Lipinski definition) is 5. The molecular weight excluding hydrogens is 268 g/mol. The summed E-state index contributed by atoms with van der Waals surface area (Å²) < 4.78 is 4.96. The van der Waals surface area contributed by atoms with Crippen LogP contribution in [0.5, 0.6) is 0 Å². The molecule has 0 aliphatic carbocycles. The zero-order valence-corrected chi connectivity index (χ0v) is 12.2. The van der Waals surface area contributed by atoms with E-state index in [4.69, 9.17) is 10.5 Å². The minimum Gasteiger partial charge on any atom is -0.480 e. The van der Waals surface area contributed by atoms with Gasteiger partial charge in [0.1, 0.15) is 11.4 Å². The van der Waals surface area contributed by atoms with Gasteiger partial charge in [-0.2, -0.15) is 0 Å². The van der Waals surface area contributed by atoms with Crippen LogP contribution < -0.4 is 5.73 Å². The number of fused-ring (bicyclic) bond motifs is 1. The lowest BCUT2D eigenvalue weighted by atomic mass is 9.94. The van der Waals surface area contributed by atoms with E-state index in [0.717, 1.165) is 12.8 Å². The number of rotatable bonds is 5. The average Bonchev–Trinajstić information content (AvgIpc) is 2.59. The summed E-state index contributed by atoms with van der Waals surface area (Å²) >= 11 is 1.40. The average molecular weight is 288 g/mol. The van der Waals surface area contributed by atoms with Crippen molar-refractivity contribution in [2.75, 3.05) is 6.61 Å². The van der Waals surface area contributed by atoms with Gasteiger partial charge in [-0.05, 0) is 20.3 Å². The summed E-state index contributed by atoms with van der Waals surface area (Å²) in [7, 11) is 0. The Morgan fingerprint density at radius 1 is 1.58 bits per heavy atom. The van der Waals surface area contributed by atoms with Gasteiger partial charge in [0, 0.05) is 11.4 Å². The Balaban J connectivity index is 2.16. The van der Waals surface area contributed by atoms with E-state index in [-0.39, 0.29) is 0 Å². The molecule has 2 fully saturated rings. The molecule has 2 aliphatic heterocycles. The number of thioether (sulfide) groups is 1. The van der Waals surface area contributed by atoms with Crippen molar-refractivity contribution in [3.05, 3.63) is 0 Å². The van der Waals surface area contributed by atoms with Crippen molar-refractivity contribution in [3.8, 4) is 0 Å². The Hall–Kier alpha value is -0.790. The molecule has 2 saturated heterocycles. The summed E-state index contributed by atoms with van der Waals surface area (Å²) in [5.74, 6) is -1.41. The van der Waals surface area contributed by atoms with Crippen LogP contribution in [0.1, 0.15) is 33.6 Å². The second-order valence-corrected chi connectivity index (χ2v) is 7.26. The van der Waals surface area contributed by atoms with Gasteiger partial charge < -0.3 is 14.7 Å². The molecular formula is C12H20N2O4S. The second kappa shape index (κ2) is 4.64. The van der Waals surface area contributed by atoms with E-state index in [1.165, 1.54) is 16.7 Å². The molecule has 2 aliphatic rings. The number of nitrogens with zero attached hydrogens (tertiary/aromatic N) is 1. The molecule has 0 aromatic heterocycles. The summed E-state index contributed by atoms with van der Waals surface area (Å²) in [6.07, 6.45) is 1.78. The number of carbonyl (C=O) groups excluding carboxylic acids is 1. The van der Waals surface area contributed by atoms with Crippen molar-refractivity contribution < 1.29 is 19.4 Å². The van der Waals surface area contributed by atoms with Gasteiger partial charge in [0.25, 0.3) is 5.91 Å². The summed E-state index contributed by atoms with van der Waals surface area (Å²) in [6, 6.07) is -0.846. The normalized spacial score (nSPS) is 36.0. The fourth-order valence-corrected chi connectivity index (χ4v) is 4.17. The molecule has 0 bridgehead atoms.